The molecule has 0 atom stereocenters. The van der Waals surface area contributed by atoms with Gasteiger partial charge >= 0.3 is 6.98 Å². The molecule has 0 aliphatic carbocycles. The monoisotopic (exact) mass is 269 g/mol. The average Bonchev–Trinajstić information content (AvgIpc) is 2.72. The van der Waals surface area contributed by atoms with Gasteiger partial charge in [0, 0.05) is 13.2 Å². The van der Waals surface area contributed by atoms with E-state index in [1.54, 1.807) is 30.9 Å². The van der Waals surface area contributed by atoms with E-state index in [-0.39, 0.29) is 6.61 Å². The molecule has 0 radical (unpaired) electrons. The van der Waals surface area contributed by atoms with Gasteiger partial charge in [0.25, 0.3) is 0 Å². The number of nitrogens with zero attached hydrogens (tertiary/aromatic N) is 2. The van der Waals surface area contributed by atoms with Gasteiger partial charge in [0.05, 0.1) is 5.69 Å². The van der Waals surface area contributed by atoms with E-state index in [1.165, 1.54) is 6.07 Å². The molecular formula is C12H13BF3N2O-. The Morgan fingerprint density at radius 2 is 2.00 bits per heavy atom. The lowest BCUT2D eigenvalue weighted by molar-refractivity contribution is 0.298. The van der Waals surface area contributed by atoms with Gasteiger partial charge in [-0.15, -0.1) is 5.46 Å². The van der Waals surface area contributed by atoms with Gasteiger partial charge in [0.15, 0.2) is 0 Å². The Kier molecular flexibility index (Phi) is 3.55. The highest BCUT2D eigenvalue weighted by Gasteiger charge is 2.25. The second-order valence-electron chi connectivity index (χ2n) is 4.37. The van der Waals surface area contributed by atoms with Gasteiger partial charge in [-0.25, -0.2) is 0 Å². The van der Waals surface area contributed by atoms with Crippen LogP contribution in [0.3, 0.4) is 0 Å². The van der Waals surface area contributed by atoms with Crippen molar-refractivity contribution in [3.8, 4) is 5.75 Å². The van der Waals surface area contributed by atoms with E-state index in [2.05, 4.69) is 5.10 Å². The van der Waals surface area contributed by atoms with Crippen molar-refractivity contribution >= 4 is 12.4 Å². The van der Waals surface area contributed by atoms with Crippen LogP contribution in [0.2, 0.25) is 0 Å². The molecular weight excluding hydrogens is 256 g/mol. The number of rotatable bonds is 4. The van der Waals surface area contributed by atoms with Crippen LogP contribution in [0.4, 0.5) is 12.9 Å². The molecule has 0 fully saturated rings. The van der Waals surface area contributed by atoms with Gasteiger partial charge < -0.3 is 17.7 Å². The first-order valence-corrected chi connectivity index (χ1v) is 5.78. The summed E-state index contributed by atoms with van der Waals surface area (Å²) >= 11 is 0. The summed E-state index contributed by atoms with van der Waals surface area (Å²) in [6, 6.07) is 5.29. The van der Waals surface area contributed by atoms with Gasteiger partial charge in [-0.05, 0) is 24.6 Å². The molecule has 0 saturated carbocycles. The minimum atomic E-state index is -4.97. The summed E-state index contributed by atoms with van der Waals surface area (Å²) in [6.07, 6.45) is 1.78. The Morgan fingerprint density at radius 1 is 1.26 bits per heavy atom. The highest BCUT2D eigenvalue weighted by molar-refractivity contribution is 6.73. The molecule has 7 heteroatoms. The maximum atomic E-state index is 12.6. The zero-order chi connectivity index (χ0) is 14.0. The number of aryl methyl sites for hydroxylation is 2. The Labute approximate surface area is 109 Å². The largest absolute Gasteiger partial charge is 0.509 e. The summed E-state index contributed by atoms with van der Waals surface area (Å²) in [5, 5.41) is 4.13. The molecule has 1 aromatic heterocycles. The minimum absolute atomic E-state index is 0.234. The number of hydrogen-bond acceptors (Lipinski definition) is 2. The first-order chi connectivity index (χ1) is 8.86. The third-order valence-electron chi connectivity index (χ3n) is 2.72. The Hall–Kier alpha value is -1.92. The molecule has 0 aliphatic heterocycles. The molecule has 1 heterocycles. The van der Waals surface area contributed by atoms with Crippen molar-refractivity contribution in [1.29, 1.82) is 0 Å². The zero-order valence-corrected chi connectivity index (χ0v) is 10.6. The van der Waals surface area contributed by atoms with Crippen LogP contribution in [0.25, 0.3) is 0 Å². The number of aromatic nitrogens is 2. The van der Waals surface area contributed by atoms with E-state index < -0.39 is 12.4 Å². The fourth-order valence-corrected chi connectivity index (χ4v) is 1.73. The zero-order valence-electron chi connectivity index (χ0n) is 10.6. The standard InChI is InChI=1S/C12H13BF3N2O/c1-9-7-10(13(14,15)16)3-4-12(9)19-8-11-5-6-18(2)17-11/h3-7H,8H2,1-2H3/q-1. The first kappa shape index (κ1) is 13.5. The quantitative estimate of drug-likeness (QED) is 0.797. The minimum Gasteiger partial charge on any atom is -0.487 e. The lowest BCUT2D eigenvalue weighted by Crippen LogP contribution is -2.34. The fraction of sp³-hybridized carbons (Fsp3) is 0.250. The van der Waals surface area contributed by atoms with E-state index in [0.29, 0.717) is 11.3 Å². The molecule has 0 aliphatic rings. The lowest BCUT2D eigenvalue weighted by Gasteiger charge is -2.17. The molecule has 0 N–H and O–H groups in total. The van der Waals surface area contributed by atoms with Gasteiger partial charge in [-0.1, -0.05) is 12.1 Å². The van der Waals surface area contributed by atoms with Gasteiger partial charge in [-0.3, -0.25) is 4.68 Å². The summed E-state index contributed by atoms with van der Waals surface area (Å²) < 4.78 is 44.8. The van der Waals surface area contributed by atoms with Crippen molar-refractivity contribution in [2.24, 2.45) is 7.05 Å². The maximum Gasteiger partial charge on any atom is 0.509 e. The lowest BCUT2D eigenvalue weighted by atomic mass is 9.79. The molecule has 102 valence electrons. The van der Waals surface area contributed by atoms with Crippen molar-refractivity contribution in [1.82, 2.24) is 9.78 Å². The van der Waals surface area contributed by atoms with Gasteiger partial charge in [0.2, 0.25) is 0 Å². The highest BCUT2D eigenvalue weighted by Crippen LogP contribution is 2.19. The summed E-state index contributed by atoms with van der Waals surface area (Å²) in [4.78, 5) is 0. The Morgan fingerprint density at radius 3 is 2.53 bits per heavy atom. The predicted octanol–water partition coefficient (Wildman–Crippen LogP) is 2.36. The van der Waals surface area contributed by atoms with E-state index in [0.717, 1.165) is 17.8 Å². The summed E-state index contributed by atoms with van der Waals surface area (Å²) in [6.45, 7) is -3.13. The molecule has 0 amide bonds. The smallest absolute Gasteiger partial charge is 0.487 e. The van der Waals surface area contributed by atoms with Crippen molar-refractivity contribution in [2.45, 2.75) is 13.5 Å². The van der Waals surface area contributed by atoms with Crippen LogP contribution in [0.5, 0.6) is 5.75 Å². The van der Waals surface area contributed by atoms with Crippen LogP contribution >= 0.6 is 0 Å². The third kappa shape index (κ3) is 3.30. The second-order valence-corrected chi connectivity index (χ2v) is 4.37. The van der Waals surface area contributed by atoms with Crippen molar-refractivity contribution in [2.75, 3.05) is 0 Å². The molecule has 1 aromatic carbocycles. The van der Waals surface area contributed by atoms with Crippen LogP contribution in [-0.4, -0.2) is 16.8 Å². The molecule has 2 rings (SSSR count). The molecule has 0 saturated heterocycles. The molecule has 0 bridgehead atoms. The van der Waals surface area contributed by atoms with E-state index in [4.69, 9.17) is 4.74 Å². The van der Waals surface area contributed by atoms with Crippen LogP contribution in [-0.2, 0) is 13.7 Å². The average molecular weight is 269 g/mol. The number of hydrogen-bond donors (Lipinski definition) is 0. The van der Waals surface area contributed by atoms with Gasteiger partial charge in [0.1, 0.15) is 12.4 Å². The van der Waals surface area contributed by atoms with Crippen LogP contribution in [0.1, 0.15) is 11.3 Å². The van der Waals surface area contributed by atoms with Gasteiger partial charge in [-0.2, -0.15) is 5.10 Å². The SMILES string of the molecule is Cc1cc([B-](F)(F)F)ccc1OCc1ccn(C)n1. The normalized spacial score (nSPS) is 11.6. The van der Waals surface area contributed by atoms with Crippen molar-refractivity contribution < 1.29 is 17.7 Å². The highest BCUT2D eigenvalue weighted by atomic mass is 19.4. The van der Waals surface area contributed by atoms with Crippen LogP contribution in [0, 0.1) is 6.92 Å². The van der Waals surface area contributed by atoms with Crippen LogP contribution < -0.4 is 10.2 Å². The Bertz CT molecular complexity index is 581. The summed E-state index contributed by atoms with van der Waals surface area (Å²) in [5.74, 6) is 0.439. The summed E-state index contributed by atoms with van der Waals surface area (Å²) in [7, 11) is 1.79. The first-order valence-electron chi connectivity index (χ1n) is 5.78. The fourth-order valence-electron chi connectivity index (χ4n) is 1.73. The molecule has 0 spiro atoms. The molecule has 2 aromatic rings. The Balaban J connectivity index is 2.09. The van der Waals surface area contributed by atoms with Crippen LogP contribution in [0.15, 0.2) is 30.5 Å². The second kappa shape index (κ2) is 4.99. The third-order valence-corrected chi connectivity index (χ3v) is 2.72. The molecule has 3 nitrogen and oxygen atoms in total. The topological polar surface area (TPSA) is 27.1 Å². The molecule has 19 heavy (non-hydrogen) atoms. The van der Waals surface area contributed by atoms with Crippen molar-refractivity contribution in [3.05, 3.63) is 41.7 Å². The maximum absolute atomic E-state index is 12.6. The number of benzene rings is 1. The van der Waals surface area contributed by atoms with E-state index in [9.17, 15) is 12.9 Å². The van der Waals surface area contributed by atoms with E-state index in [1.807, 2.05) is 0 Å². The predicted molar refractivity (Wildman–Crippen MR) is 67.4 cm³/mol. The van der Waals surface area contributed by atoms with E-state index >= 15 is 0 Å². The molecule has 0 unspecified atom stereocenters. The number of halogens is 3. The number of ether oxygens (including phenoxy) is 1. The van der Waals surface area contributed by atoms with Crippen molar-refractivity contribution in [3.63, 3.8) is 0 Å². The summed E-state index contributed by atoms with van der Waals surface area (Å²) in [5.41, 5.74) is 0.585.